The number of hydrogen-bond acceptors (Lipinski definition) is 3. The van der Waals surface area contributed by atoms with Crippen LogP contribution in [-0.4, -0.2) is 11.1 Å². The Morgan fingerprint density at radius 2 is 2.08 bits per heavy atom. The fraction of sp³-hybridized carbons (Fsp3) is 0.222. The van der Waals surface area contributed by atoms with E-state index >= 15 is 0 Å². The van der Waals surface area contributed by atoms with Gasteiger partial charge in [0.1, 0.15) is 0 Å². The summed E-state index contributed by atoms with van der Waals surface area (Å²) in [7, 11) is 0. The zero-order valence-electron chi connectivity index (χ0n) is 7.59. The molecule has 0 heterocycles. The molecule has 70 valence electrons. The molecule has 0 unspecified atom stereocenters. The highest BCUT2D eigenvalue weighted by Crippen LogP contribution is 2.21. The molecule has 4 N–H and O–H groups in total. The second-order valence-electron chi connectivity index (χ2n) is 2.95. The monoisotopic (exact) mass is 180 g/mol. The van der Waals surface area contributed by atoms with E-state index in [2.05, 4.69) is 5.43 Å². The molecule has 0 amide bonds. The quantitative estimate of drug-likeness (QED) is 0.473. The predicted octanol–water partition coefficient (Wildman–Crippen LogP) is 1.29. The maximum Gasteiger partial charge on any atom is 0.337 e. The zero-order valence-corrected chi connectivity index (χ0v) is 7.59. The first-order chi connectivity index (χ1) is 6.06. The summed E-state index contributed by atoms with van der Waals surface area (Å²) in [6, 6.07) is 3.46. The van der Waals surface area contributed by atoms with Crippen LogP contribution in [0.3, 0.4) is 0 Å². The van der Waals surface area contributed by atoms with Crippen LogP contribution in [0.25, 0.3) is 0 Å². The van der Waals surface area contributed by atoms with Crippen LogP contribution in [0, 0.1) is 13.8 Å². The number of carboxylic acids is 1. The lowest BCUT2D eigenvalue weighted by atomic mass is 10.0. The van der Waals surface area contributed by atoms with Crippen molar-refractivity contribution >= 4 is 11.7 Å². The van der Waals surface area contributed by atoms with Crippen molar-refractivity contribution in [3.63, 3.8) is 0 Å². The molecular weight excluding hydrogens is 168 g/mol. The molecule has 0 spiro atoms. The van der Waals surface area contributed by atoms with Crippen LogP contribution < -0.4 is 11.3 Å². The summed E-state index contributed by atoms with van der Waals surface area (Å²) in [6.07, 6.45) is 0. The second-order valence-corrected chi connectivity index (χ2v) is 2.95. The first-order valence-corrected chi connectivity index (χ1v) is 3.87. The van der Waals surface area contributed by atoms with Gasteiger partial charge >= 0.3 is 5.97 Å². The number of hydrogen-bond donors (Lipinski definition) is 3. The van der Waals surface area contributed by atoms with Crippen LogP contribution in [0.4, 0.5) is 5.69 Å². The van der Waals surface area contributed by atoms with Crippen molar-refractivity contribution in [2.75, 3.05) is 5.43 Å². The standard InChI is InChI=1S/C9H12N2O2/c1-5-3-6(2)8(11-10)7(4-5)9(12)13/h3-4,11H,10H2,1-2H3,(H,12,13). The minimum absolute atomic E-state index is 0.208. The molecule has 0 aliphatic rings. The van der Waals surface area contributed by atoms with E-state index in [4.69, 9.17) is 10.9 Å². The van der Waals surface area contributed by atoms with Crippen LogP contribution in [0.2, 0.25) is 0 Å². The van der Waals surface area contributed by atoms with E-state index in [0.717, 1.165) is 11.1 Å². The lowest BCUT2D eigenvalue weighted by Gasteiger charge is -2.09. The van der Waals surface area contributed by atoms with Gasteiger partial charge in [-0.15, -0.1) is 0 Å². The van der Waals surface area contributed by atoms with Crippen LogP contribution >= 0.6 is 0 Å². The molecule has 0 fully saturated rings. The van der Waals surface area contributed by atoms with Gasteiger partial charge in [-0.2, -0.15) is 0 Å². The number of rotatable bonds is 2. The molecule has 0 atom stereocenters. The van der Waals surface area contributed by atoms with Gasteiger partial charge in [-0.3, -0.25) is 5.84 Å². The Morgan fingerprint density at radius 3 is 2.54 bits per heavy atom. The molecule has 13 heavy (non-hydrogen) atoms. The number of nitrogens with one attached hydrogen (secondary N) is 1. The third kappa shape index (κ3) is 1.78. The first kappa shape index (κ1) is 9.54. The fourth-order valence-corrected chi connectivity index (χ4v) is 1.33. The first-order valence-electron chi connectivity index (χ1n) is 3.87. The largest absolute Gasteiger partial charge is 0.478 e. The second kappa shape index (κ2) is 3.45. The lowest BCUT2D eigenvalue weighted by Crippen LogP contribution is -2.13. The molecule has 0 radical (unpaired) electrons. The van der Waals surface area contributed by atoms with E-state index in [1.54, 1.807) is 6.07 Å². The number of aromatic carboxylic acids is 1. The molecule has 0 aliphatic carbocycles. The number of nitrogens with two attached hydrogens (primary N) is 1. The van der Waals surface area contributed by atoms with Crippen molar-refractivity contribution in [3.05, 3.63) is 28.8 Å². The number of aryl methyl sites for hydroxylation is 2. The highest BCUT2D eigenvalue weighted by molar-refractivity contribution is 5.95. The number of nitrogen functional groups attached to an aromatic ring is 1. The van der Waals surface area contributed by atoms with Crippen LogP contribution in [0.1, 0.15) is 21.5 Å². The van der Waals surface area contributed by atoms with E-state index in [1.807, 2.05) is 19.9 Å². The summed E-state index contributed by atoms with van der Waals surface area (Å²) >= 11 is 0. The molecule has 1 aromatic carbocycles. The summed E-state index contributed by atoms with van der Waals surface area (Å²) < 4.78 is 0. The Kier molecular flexibility index (Phi) is 2.53. The van der Waals surface area contributed by atoms with Gasteiger partial charge in [0.05, 0.1) is 11.3 Å². The molecule has 4 nitrogen and oxygen atoms in total. The van der Waals surface area contributed by atoms with Gasteiger partial charge in [-0.05, 0) is 31.0 Å². The summed E-state index contributed by atoms with van der Waals surface area (Å²) in [6.45, 7) is 3.66. The van der Waals surface area contributed by atoms with Crippen LogP contribution in [-0.2, 0) is 0 Å². The predicted molar refractivity (Wildman–Crippen MR) is 50.7 cm³/mol. The van der Waals surface area contributed by atoms with Gasteiger partial charge in [-0.25, -0.2) is 4.79 Å². The normalized spacial score (nSPS) is 9.77. The molecule has 4 heteroatoms. The molecule has 1 aromatic rings. The van der Waals surface area contributed by atoms with E-state index in [9.17, 15) is 4.79 Å². The van der Waals surface area contributed by atoms with Crippen molar-refractivity contribution in [2.45, 2.75) is 13.8 Å². The average Bonchev–Trinajstić information content (AvgIpc) is 2.02. The van der Waals surface area contributed by atoms with Gasteiger partial charge < -0.3 is 10.5 Å². The number of hydrazine groups is 1. The van der Waals surface area contributed by atoms with Crippen LogP contribution in [0.15, 0.2) is 12.1 Å². The highest BCUT2D eigenvalue weighted by atomic mass is 16.4. The minimum atomic E-state index is -0.972. The average molecular weight is 180 g/mol. The van der Waals surface area contributed by atoms with Gasteiger partial charge in [-0.1, -0.05) is 6.07 Å². The Labute approximate surface area is 76.3 Å². The summed E-state index contributed by atoms with van der Waals surface area (Å²) in [5.41, 5.74) is 4.81. The molecule has 0 aromatic heterocycles. The number of anilines is 1. The molecule has 0 saturated heterocycles. The Morgan fingerprint density at radius 1 is 1.46 bits per heavy atom. The van der Waals surface area contributed by atoms with Crippen molar-refractivity contribution in [1.82, 2.24) is 0 Å². The van der Waals surface area contributed by atoms with Crippen molar-refractivity contribution in [3.8, 4) is 0 Å². The number of benzene rings is 1. The number of carbonyl (C=O) groups is 1. The van der Waals surface area contributed by atoms with Crippen molar-refractivity contribution in [2.24, 2.45) is 5.84 Å². The smallest absolute Gasteiger partial charge is 0.337 e. The Balaban J connectivity index is 3.38. The Bertz CT molecular complexity index is 348. The molecule has 0 aliphatic heterocycles. The van der Waals surface area contributed by atoms with Gasteiger partial charge in [0, 0.05) is 0 Å². The summed E-state index contributed by atoms with van der Waals surface area (Å²) in [5, 5.41) is 8.85. The van der Waals surface area contributed by atoms with Crippen molar-refractivity contribution < 1.29 is 9.90 Å². The molecule has 0 saturated carbocycles. The molecular formula is C9H12N2O2. The number of carboxylic acid groups (broad SMARTS) is 1. The van der Waals surface area contributed by atoms with E-state index in [0.29, 0.717) is 5.69 Å². The highest BCUT2D eigenvalue weighted by Gasteiger charge is 2.11. The third-order valence-electron chi connectivity index (χ3n) is 1.85. The van der Waals surface area contributed by atoms with Crippen molar-refractivity contribution in [1.29, 1.82) is 0 Å². The minimum Gasteiger partial charge on any atom is -0.478 e. The van der Waals surface area contributed by atoms with Gasteiger partial charge in [0.15, 0.2) is 0 Å². The molecule has 1 rings (SSSR count). The molecule has 0 bridgehead atoms. The SMILES string of the molecule is Cc1cc(C)c(NN)c(C(=O)O)c1. The summed E-state index contributed by atoms with van der Waals surface area (Å²) in [5.74, 6) is 4.25. The topological polar surface area (TPSA) is 75.3 Å². The lowest BCUT2D eigenvalue weighted by molar-refractivity contribution is 0.0697. The van der Waals surface area contributed by atoms with Gasteiger partial charge in [0.25, 0.3) is 0 Å². The van der Waals surface area contributed by atoms with Gasteiger partial charge in [0.2, 0.25) is 0 Å². The summed E-state index contributed by atoms with van der Waals surface area (Å²) in [4.78, 5) is 10.8. The van der Waals surface area contributed by atoms with E-state index < -0.39 is 5.97 Å². The maximum absolute atomic E-state index is 10.8. The Hall–Kier alpha value is -1.55. The van der Waals surface area contributed by atoms with E-state index in [-0.39, 0.29) is 5.56 Å². The maximum atomic E-state index is 10.8. The van der Waals surface area contributed by atoms with Crippen LogP contribution in [0.5, 0.6) is 0 Å². The van der Waals surface area contributed by atoms with E-state index in [1.165, 1.54) is 0 Å². The fourth-order valence-electron chi connectivity index (χ4n) is 1.33. The zero-order chi connectivity index (χ0) is 10.0. The third-order valence-corrected chi connectivity index (χ3v) is 1.85.